The van der Waals surface area contributed by atoms with E-state index in [1.54, 1.807) is 18.2 Å². The van der Waals surface area contributed by atoms with Crippen molar-refractivity contribution in [2.75, 3.05) is 54.8 Å². The molecule has 200 valence electrons. The van der Waals surface area contributed by atoms with E-state index in [0.717, 1.165) is 76.7 Å². The summed E-state index contributed by atoms with van der Waals surface area (Å²) in [5.41, 5.74) is 0.549. The smallest absolute Gasteiger partial charge is 0.321 e. The summed E-state index contributed by atoms with van der Waals surface area (Å²) >= 11 is 12.3. The van der Waals surface area contributed by atoms with E-state index in [-0.39, 0.29) is 6.03 Å². The van der Waals surface area contributed by atoms with E-state index in [4.69, 9.17) is 28.2 Å². The molecular formula is C27H37Cl2N7O. The van der Waals surface area contributed by atoms with Gasteiger partial charge in [-0.15, -0.1) is 0 Å². The average molecular weight is 547 g/mol. The van der Waals surface area contributed by atoms with E-state index >= 15 is 0 Å². The van der Waals surface area contributed by atoms with Gasteiger partial charge in [-0.25, -0.2) is 9.78 Å². The van der Waals surface area contributed by atoms with E-state index in [1.807, 2.05) is 17.2 Å². The highest BCUT2D eigenvalue weighted by molar-refractivity contribution is 6.35. The molecule has 5 rings (SSSR count). The molecule has 0 aliphatic carbocycles. The quantitative estimate of drug-likeness (QED) is 0.499. The first kappa shape index (κ1) is 26.3. The number of hydrogen-bond acceptors (Lipinski definition) is 6. The number of halogens is 2. The van der Waals surface area contributed by atoms with Crippen LogP contribution in [0.5, 0.6) is 0 Å². The number of carbonyl (C=O) groups excluding carboxylic acids is 1. The average Bonchev–Trinajstić information content (AvgIpc) is 3.21. The van der Waals surface area contributed by atoms with Crippen LogP contribution in [0.15, 0.2) is 30.5 Å². The second-order valence-electron chi connectivity index (χ2n) is 10.4. The molecule has 1 aromatic carbocycles. The number of anilines is 3. The number of urea groups is 1. The molecule has 0 saturated carbocycles. The van der Waals surface area contributed by atoms with Crippen LogP contribution in [-0.4, -0.2) is 77.2 Å². The Bertz CT molecular complexity index is 1050. The van der Waals surface area contributed by atoms with Crippen LogP contribution in [0.2, 0.25) is 10.0 Å². The molecule has 1 atom stereocenters. The molecule has 2 amide bonds. The van der Waals surface area contributed by atoms with Gasteiger partial charge >= 0.3 is 6.03 Å². The highest BCUT2D eigenvalue weighted by Crippen LogP contribution is 2.27. The second kappa shape index (κ2) is 12.5. The summed E-state index contributed by atoms with van der Waals surface area (Å²) in [5, 5.41) is 7.57. The lowest BCUT2D eigenvalue weighted by Gasteiger charge is -2.42. The molecule has 8 nitrogen and oxygen atoms in total. The van der Waals surface area contributed by atoms with Gasteiger partial charge in [-0.05, 0) is 69.3 Å². The number of carbonyl (C=O) groups is 1. The van der Waals surface area contributed by atoms with Gasteiger partial charge < -0.3 is 20.4 Å². The van der Waals surface area contributed by atoms with E-state index in [0.29, 0.717) is 27.8 Å². The van der Waals surface area contributed by atoms with Crippen LogP contribution in [-0.2, 0) is 0 Å². The third-order valence-corrected chi connectivity index (χ3v) is 8.36. The normalized spacial score (nSPS) is 21.9. The monoisotopic (exact) mass is 545 g/mol. The van der Waals surface area contributed by atoms with Crippen LogP contribution in [0.3, 0.4) is 0 Å². The van der Waals surface area contributed by atoms with Crippen LogP contribution in [0, 0.1) is 0 Å². The SMILES string of the molecule is O=C(Nc1cc(Cl)ccc1Cl)N1CCC(N2CCCC(Nc3nccc(N4CCCCCC4)n3)C2)CC1. The maximum Gasteiger partial charge on any atom is 0.321 e. The summed E-state index contributed by atoms with van der Waals surface area (Å²) in [6.45, 7) is 5.69. The third-order valence-electron chi connectivity index (χ3n) is 7.80. The topological polar surface area (TPSA) is 76.6 Å². The first-order chi connectivity index (χ1) is 18.0. The number of nitrogens with zero attached hydrogens (tertiary/aromatic N) is 5. The lowest BCUT2D eigenvalue weighted by atomic mass is 9.98. The molecule has 0 bridgehead atoms. The Morgan fingerprint density at radius 3 is 2.49 bits per heavy atom. The summed E-state index contributed by atoms with van der Waals surface area (Å²) in [7, 11) is 0. The van der Waals surface area contributed by atoms with Crippen LogP contribution < -0.4 is 15.5 Å². The molecule has 0 radical (unpaired) electrons. The number of likely N-dealkylation sites (tertiary alicyclic amines) is 2. The standard InChI is InChI=1S/C27H37Cl2N7O/c28-20-7-8-23(29)24(18-20)32-27(37)35-16-10-22(11-17-35)36-15-5-6-21(19-36)31-26-30-12-9-25(33-26)34-13-3-1-2-4-14-34/h7-9,12,18,21-22H,1-6,10-11,13-17,19H2,(H,32,37)(H,30,31,33). The third kappa shape index (κ3) is 6.98. The fourth-order valence-electron chi connectivity index (χ4n) is 5.75. The molecule has 3 fully saturated rings. The predicted molar refractivity (Wildman–Crippen MR) is 151 cm³/mol. The van der Waals surface area contributed by atoms with E-state index in [9.17, 15) is 4.79 Å². The maximum absolute atomic E-state index is 12.8. The zero-order valence-corrected chi connectivity index (χ0v) is 22.9. The van der Waals surface area contributed by atoms with Gasteiger partial charge in [0.05, 0.1) is 10.7 Å². The molecule has 3 saturated heterocycles. The lowest BCUT2D eigenvalue weighted by molar-refractivity contribution is 0.0997. The van der Waals surface area contributed by atoms with Gasteiger partial charge in [0, 0.05) is 56.0 Å². The number of benzene rings is 1. The van der Waals surface area contributed by atoms with Crippen molar-refractivity contribution in [3.63, 3.8) is 0 Å². The van der Waals surface area contributed by atoms with Crippen molar-refractivity contribution in [3.05, 3.63) is 40.5 Å². The molecule has 1 aromatic heterocycles. The molecule has 10 heteroatoms. The Balaban J connectivity index is 1.12. The highest BCUT2D eigenvalue weighted by atomic mass is 35.5. The summed E-state index contributed by atoms with van der Waals surface area (Å²) in [6.07, 6.45) is 11.2. The number of amides is 2. The minimum absolute atomic E-state index is 0.123. The van der Waals surface area contributed by atoms with Gasteiger partial charge in [0.1, 0.15) is 5.82 Å². The predicted octanol–water partition coefficient (Wildman–Crippen LogP) is 5.74. The zero-order valence-electron chi connectivity index (χ0n) is 21.3. The molecule has 1 unspecified atom stereocenters. The molecule has 2 aromatic rings. The number of rotatable bonds is 5. The first-order valence-corrected chi connectivity index (χ1v) is 14.4. The summed E-state index contributed by atoms with van der Waals surface area (Å²) in [6, 6.07) is 7.82. The van der Waals surface area contributed by atoms with Gasteiger partial charge in [-0.3, -0.25) is 4.90 Å². The van der Waals surface area contributed by atoms with Crippen molar-refractivity contribution < 1.29 is 4.79 Å². The summed E-state index contributed by atoms with van der Waals surface area (Å²) < 4.78 is 0. The van der Waals surface area contributed by atoms with Gasteiger partial charge in [0.25, 0.3) is 0 Å². The minimum Gasteiger partial charge on any atom is -0.356 e. The van der Waals surface area contributed by atoms with E-state index < -0.39 is 0 Å². The zero-order chi connectivity index (χ0) is 25.6. The van der Waals surface area contributed by atoms with Gasteiger partial charge in [-0.1, -0.05) is 36.0 Å². The largest absolute Gasteiger partial charge is 0.356 e. The van der Waals surface area contributed by atoms with Crippen molar-refractivity contribution in [3.8, 4) is 0 Å². The lowest BCUT2D eigenvalue weighted by Crippen LogP contribution is -2.52. The number of hydrogen-bond donors (Lipinski definition) is 2. The molecule has 4 heterocycles. The number of piperidine rings is 2. The Kier molecular flexibility index (Phi) is 8.89. The highest BCUT2D eigenvalue weighted by Gasteiger charge is 2.30. The van der Waals surface area contributed by atoms with Crippen molar-refractivity contribution in [2.45, 2.75) is 63.5 Å². The first-order valence-electron chi connectivity index (χ1n) is 13.6. The minimum atomic E-state index is -0.123. The second-order valence-corrected chi connectivity index (χ2v) is 11.2. The Hall–Kier alpha value is -2.29. The van der Waals surface area contributed by atoms with Gasteiger partial charge in [0.2, 0.25) is 5.95 Å². The Morgan fingerprint density at radius 2 is 1.70 bits per heavy atom. The van der Waals surface area contributed by atoms with Gasteiger partial charge in [0.15, 0.2) is 0 Å². The van der Waals surface area contributed by atoms with Crippen molar-refractivity contribution in [2.24, 2.45) is 0 Å². The van der Waals surface area contributed by atoms with Crippen LogP contribution in [0.4, 0.5) is 22.2 Å². The molecular weight excluding hydrogens is 509 g/mol. The van der Waals surface area contributed by atoms with Gasteiger partial charge in [-0.2, -0.15) is 4.98 Å². The number of nitrogens with one attached hydrogen (secondary N) is 2. The van der Waals surface area contributed by atoms with Crippen molar-refractivity contribution >= 4 is 46.7 Å². The maximum atomic E-state index is 12.8. The Labute approximate surface area is 229 Å². The number of aromatic nitrogens is 2. The molecule has 0 spiro atoms. The molecule has 3 aliphatic rings. The summed E-state index contributed by atoms with van der Waals surface area (Å²) in [4.78, 5) is 29.0. The van der Waals surface area contributed by atoms with Crippen molar-refractivity contribution in [1.82, 2.24) is 19.8 Å². The van der Waals surface area contributed by atoms with Crippen LogP contribution >= 0.6 is 23.2 Å². The molecule has 3 aliphatic heterocycles. The molecule has 2 N–H and O–H groups in total. The van der Waals surface area contributed by atoms with E-state index in [2.05, 4.69) is 25.4 Å². The molecule has 37 heavy (non-hydrogen) atoms. The van der Waals surface area contributed by atoms with Crippen LogP contribution in [0.1, 0.15) is 51.4 Å². The van der Waals surface area contributed by atoms with Crippen molar-refractivity contribution in [1.29, 1.82) is 0 Å². The summed E-state index contributed by atoms with van der Waals surface area (Å²) in [5.74, 6) is 1.77. The van der Waals surface area contributed by atoms with Crippen LogP contribution in [0.25, 0.3) is 0 Å². The fourth-order valence-corrected chi connectivity index (χ4v) is 6.09. The Morgan fingerprint density at radius 1 is 0.919 bits per heavy atom. The van der Waals surface area contributed by atoms with E-state index in [1.165, 1.54) is 25.7 Å². The fraction of sp³-hybridized carbons (Fsp3) is 0.593.